The van der Waals surface area contributed by atoms with Crippen molar-refractivity contribution in [2.45, 2.75) is 19.9 Å². The van der Waals surface area contributed by atoms with Gasteiger partial charge in [-0.25, -0.2) is 0 Å². The fourth-order valence-electron chi connectivity index (χ4n) is 1.21. The van der Waals surface area contributed by atoms with Crippen molar-refractivity contribution >= 4 is 34.8 Å². The highest BCUT2D eigenvalue weighted by molar-refractivity contribution is 7.17. The van der Waals surface area contributed by atoms with Gasteiger partial charge in [-0.05, 0) is 26.0 Å². The van der Waals surface area contributed by atoms with E-state index in [-0.39, 0.29) is 18.5 Å². The molecular weight excluding hydrogens is 250 g/mol. The van der Waals surface area contributed by atoms with E-state index in [9.17, 15) is 9.59 Å². The summed E-state index contributed by atoms with van der Waals surface area (Å²) in [5.41, 5.74) is 0. The molecule has 1 aromatic rings. The normalized spacial score (nSPS) is 10.5. The Bertz CT molecular complexity index is 403. The van der Waals surface area contributed by atoms with Crippen molar-refractivity contribution in [1.29, 1.82) is 0 Å². The van der Waals surface area contributed by atoms with E-state index in [1.54, 1.807) is 26.0 Å². The van der Waals surface area contributed by atoms with Crippen LogP contribution in [0.15, 0.2) is 12.1 Å². The molecular formula is C10H12ClNO3S. The molecule has 1 rings (SSSR count). The zero-order valence-electron chi connectivity index (χ0n) is 8.94. The average molecular weight is 262 g/mol. The minimum absolute atomic E-state index is 0.163. The lowest BCUT2D eigenvalue weighted by molar-refractivity contribution is -0.138. The Morgan fingerprint density at radius 3 is 2.50 bits per heavy atom. The average Bonchev–Trinajstić information content (AvgIpc) is 2.59. The Balaban J connectivity index is 2.87. The summed E-state index contributed by atoms with van der Waals surface area (Å²) in [7, 11) is 0. The lowest BCUT2D eigenvalue weighted by Gasteiger charge is -2.24. The number of carboxylic acids is 1. The molecule has 1 aromatic heterocycles. The molecule has 6 heteroatoms. The van der Waals surface area contributed by atoms with Gasteiger partial charge in [0.15, 0.2) is 0 Å². The molecule has 0 saturated carbocycles. The van der Waals surface area contributed by atoms with Crippen LogP contribution in [-0.2, 0) is 4.79 Å². The number of amides is 1. The molecule has 88 valence electrons. The Labute approximate surface area is 102 Å². The van der Waals surface area contributed by atoms with E-state index < -0.39 is 5.97 Å². The van der Waals surface area contributed by atoms with Crippen LogP contribution in [0.3, 0.4) is 0 Å². The van der Waals surface area contributed by atoms with Gasteiger partial charge in [-0.15, -0.1) is 11.3 Å². The van der Waals surface area contributed by atoms with Crippen LogP contribution in [0.1, 0.15) is 23.5 Å². The van der Waals surface area contributed by atoms with Crippen molar-refractivity contribution in [3.63, 3.8) is 0 Å². The van der Waals surface area contributed by atoms with Gasteiger partial charge in [0.25, 0.3) is 5.91 Å². The van der Waals surface area contributed by atoms with Crippen molar-refractivity contribution in [1.82, 2.24) is 4.90 Å². The van der Waals surface area contributed by atoms with Gasteiger partial charge in [0, 0.05) is 6.04 Å². The molecule has 0 aliphatic heterocycles. The third-order valence-corrected chi connectivity index (χ3v) is 3.19. The van der Waals surface area contributed by atoms with Crippen LogP contribution in [0.25, 0.3) is 0 Å². The van der Waals surface area contributed by atoms with E-state index in [1.807, 2.05) is 0 Å². The lowest BCUT2D eigenvalue weighted by atomic mass is 10.3. The number of rotatable bonds is 4. The van der Waals surface area contributed by atoms with Crippen LogP contribution in [-0.4, -0.2) is 34.5 Å². The lowest BCUT2D eigenvalue weighted by Crippen LogP contribution is -2.40. The highest BCUT2D eigenvalue weighted by Gasteiger charge is 2.22. The Morgan fingerprint density at radius 1 is 1.50 bits per heavy atom. The van der Waals surface area contributed by atoms with Crippen LogP contribution >= 0.6 is 22.9 Å². The van der Waals surface area contributed by atoms with Crippen LogP contribution in [0.2, 0.25) is 4.34 Å². The third-order valence-electron chi connectivity index (χ3n) is 1.97. The minimum atomic E-state index is -1.02. The summed E-state index contributed by atoms with van der Waals surface area (Å²) in [6, 6.07) is 3.06. The summed E-state index contributed by atoms with van der Waals surface area (Å²) in [4.78, 5) is 24.3. The first-order valence-corrected chi connectivity index (χ1v) is 5.89. The van der Waals surface area contributed by atoms with Gasteiger partial charge < -0.3 is 10.0 Å². The maximum absolute atomic E-state index is 11.9. The maximum Gasteiger partial charge on any atom is 0.323 e. The Hall–Kier alpha value is -1.07. The Kier molecular flexibility index (Phi) is 4.32. The van der Waals surface area contributed by atoms with Gasteiger partial charge in [-0.3, -0.25) is 9.59 Å². The predicted molar refractivity (Wildman–Crippen MR) is 63.1 cm³/mol. The fourth-order valence-corrected chi connectivity index (χ4v) is 2.20. The number of hydrogen-bond acceptors (Lipinski definition) is 3. The highest BCUT2D eigenvalue weighted by Crippen LogP contribution is 2.23. The smallest absolute Gasteiger partial charge is 0.323 e. The van der Waals surface area contributed by atoms with E-state index in [1.165, 1.54) is 4.90 Å². The molecule has 0 spiro atoms. The first kappa shape index (κ1) is 13.0. The van der Waals surface area contributed by atoms with Crippen LogP contribution in [0, 0.1) is 0 Å². The Morgan fingerprint density at radius 2 is 2.12 bits per heavy atom. The van der Waals surface area contributed by atoms with Gasteiger partial charge in [-0.2, -0.15) is 0 Å². The number of aliphatic carboxylic acids is 1. The SMILES string of the molecule is CC(C)N(CC(=O)O)C(=O)c1ccc(Cl)s1. The standard InChI is InChI=1S/C10H12ClNO3S/c1-6(2)12(5-9(13)14)10(15)7-3-4-8(11)16-7/h3-4,6H,5H2,1-2H3,(H,13,14). The second kappa shape index (κ2) is 5.32. The number of carbonyl (C=O) groups is 2. The summed E-state index contributed by atoms with van der Waals surface area (Å²) in [6.45, 7) is 3.25. The molecule has 0 unspecified atom stereocenters. The molecule has 0 radical (unpaired) electrons. The number of thiophene rings is 1. The first-order valence-electron chi connectivity index (χ1n) is 4.70. The predicted octanol–water partition coefficient (Wildman–Crippen LogP) is 2.34. The second-order valence-corrected chi connectivity index (χ2v) is 5.24. The third kappa shape index (κ3) is 3.21. The monoisotopic (exact) mass is 261 g/mol. The van der Waals surface area contributed by atoms with E-state index in [0.29, 0.717) is 9.21 Å². The van der Waals surface area contributed by atoms with E-state index >= 15 is 0 Å². The minimum Gasteiger partial charge on any atom is -0.480 e. The first-order chi connectivity index (χ1) is 7.41. The largest absolute Gasteiger partial charge is 0.480 e. The molecule has 0 bridgehead atoms. The molecule has 0 fully saturated rings. The number of nitrogens with zero attached hydrogens (tertiary/aromatic N) is 1. The van der Waals surface area contributed by atoms with Gasteiger partial charge in [-0.1, -0.05) is 11.6 Å². The topological polar surface area (TPSA) is 57.6 Å². The molecule has 0 aliphatic rings. The summed E-state index contributed by atoms with van der Waals surface area (Å²) in [5.74, 6) is -1.32. The molecule has 0 aliphatic carbocycles. The second-order valence-electron chi connectivity index (χ2n) is 3.52. The number of carboxylic acid groups (broad SMARTS) is 1. The number of hydrogen-bond donors (Lipinski definition) is 1. The van der Waals surface area contributed by atoms with Crippen LogP contribution in [0.4, 0.5) is 0 Å². The van der Waals surface area contributed by atoms with Crippen molar-refractivity contribution in [2.24, 2.45) is 0 Å². The summed E-state index contributed by atoms with van der Waals surface area (Å²) >= 11 is 6.88. The van der Waals surface area contributed by atoms with E-state index in [2.05, 4.69) is 0 Å². The molecule has 16 heavy (non-hydrogen) atoms. The van der Waals surface area contributed by atoms with Crippen LogP contribution in [0.5, 0.6) is 0 Å². The van der Waals surface area contributed by atoms with Crippen molar-refractivity contribution < 1.29 is 14.7 Å². The molecule has 0 atom stereocenters. The summed E-state index contributed by atoms with van der Waals surface area (Å²) in [6.07, 6.45) is 0. The summed E-state index contributed by atoms with van der Waals surface area (Å²) < 4.78 is 0.516. The molecule has 1 N–H and O–H groups in total. The van der Waals surface area contributed by atoms with Crippen molar-refractivity contribution in [2.75, 3.05) is 6.54 Å². The maximum atomic E-state index is 11.9. The van der Waals surface area contributed by atoms with Gasteiger partial charge >= 0.3 is 5.97 Å². The number of halogens is 1. The molecule has 0 saturated heterocycles. The number of carbonyl (C=O) groups excluding carboxylic acids is 1. The van der Waals surface area contributed by atoms with Gasteiger partial charge in [0.2, 0.25) is 0 Å². The van der Waals surface area contributed by atoms with Crippen molar-refractivity contribution in [3.8, 4) is 0 Å². The molecule has 0 aromatic carbocycles. The van der Waals surface area contributed by atoms with E-state index in [4.69, 9.17) is 16.7 Å². The van der Waals surface area contributed by atoms with Crippen molar-refractivity contribution in [3.05, 3.63) is 21.3 Å². The quantitative estimate of drug-likeness (QED) is 0.905. The molecule has 1 amide bonds. The summed E-state index contributed by atoms with van der Waals surface area (Å²) in [5, 5.41) is 8.72. The highest BCUT2D eigenvalue weighted by atomic mass is 35.5. The zero-order chi connectivity index (χ0) is 12.3. The molecule has 1 heterocycles. The zero-order valence-corrected chi connectivity index (χ0v) is 10.5. The van der Waals surface area contributed by atoms with Crippen LogP contribution < -0.4 is 0 Å². The van der Waals surface area contributed by atoms with E-state index in [0.717, 1.165) is 11.3 Å². The molecule has 4 nitrogen and oxygen atoms in total. The van der Waals surface area contributed by atoms with Gasteiger partial charge in [0.05, 0.1) is 9.21 Å². The fraction of sp³-hybridized carbons (Fsp3) is 0.400. The van der Waals surface area contributed by atoms with Gasteiger partial charge in [0.1, 0.15) is 6.54 Å².